The fraction of sp³-hybridized carbons (Fsp3) is 0.667. The Morgan fingerprint density at radius 1 is 1.60 bits per heavy atom. The average Bonchev–Trinajstić information content (AvgIpc) is 2.26. The first-order chi connectivity index (χ1) is 7.10. The Bertz CT molecular complexity index is 272. The van der Waals surface area contributed by atoms with Crippen LogP contribution in [0.3, 0.4) is 0 Å². The molecule has 0 aliphatic carbocycles. The SMILES string of the molecule is CCC(C#N)C(=O)NC(CO)C(=O)OC. The van der Waals surface area contributed by atoms with Gasteiger partial charge in [-0.1, -0.05) is 6.92 Å². The van der Waals surface area contributed by atoms with Gasteiger partial charge in [0, 0.05) is 0 Å². The van der Waals surface area contributed by atoms with Crippen LogP contribution in [-0.4, -0.2) is 36.7 Å². The highest BCUT2D eigenvalue weighted by Gasteiger charge is 2.24. The van der Waals surface area contributed by atoms with E-state index in [-0.39, 0.29) is 0 Å². The van der Waals surface area contributed by atoms with Gasteiger partial charge in [-0.15, -0.1) is 0 Å². The Labute approximate surface area is 87.8 Å². The highest BCUT2D eigenvalue weighted by molar-refractivity contribution is 5.87. The van der Waals surface area contributed by atoms with E-state index in [9.17, 15) is 9.59 Å². The van der Waals surface area contributed by atoms with Gasteiger partial charge in [0.05, 0.1) is 19.8 Å². The second kappa shape index (κ2) is 6.79. The van der Waals surface area contributed by atoms with Crippen molar-refractivity contribution in [1.82, 2.24) is 5.32 Å². The van der Waals surface area contributed by atoms with Crippen molar-refractivity contribution in [2.45, 2.75) is 19.4 Å². The molecule has 0 radical (unpaired) electrons. The Kier molecular flexibility index (Phi) is 6.06. The number of aliphatic hydroxyl groups is 1. The van der Waals surface area contributed by atoms with E-state index in [4.69, 9.17) is 10.4 Å². The number of ether oxygens (including phenoxy) is 1. The summed E-state index contributed by atoms with van der Waals surface area (Å²) in [6.45, 7) is 1.12. The monoisotopic (exact) mass is 214 g/mol. The maximum atomic E-state index is 11.3. The van der Waals surface area contributed by atoms with Gasteiger partial charge in [-0.05, 0) is 6.42 Å². The number of hydrogen-bond donors (Lipinski definition) is 2. The second-order valence-corrected chi connectivity index (χ2v) is 2.86. The molecule has 0 aromatic carbocycles. The summed E-state index contributed by atoms with van der Waals surface area (Å²) in [6, 6.07) is 0.686. The molecule has 0 aromatic rings. The molecule has 0 aliphatic rings. The molecule has 0 spiro atoms. The standard InChI is InChI=1S/C9H14N2O4/c1-3-6(4-10)8(13)11-7(5-12)9(14)15-2/h6-7,12H,3,5H2,1-2H3,(H,11,13). The van der Waals surface area contributed by atoms with Gasteiger partial charge in [0.25, 0.3) is 0 Å². The zero-order valence-electron chi connectivity index (χ0n) is 8.69. The molecule has 0 fully saturated rings. The molecule has 0 heterocycles. The van der Waals surface area contributed by atoms with Crippen LogP contribution in [0.25, 0.3) is 0 Å². The van der Waals surface area contributed by atoms with Gasteiger partial charge in [-0.25, -0.2) is 4.79 Å². The van der Waals surface area contributed by atoms with Crippen LogP contribution < -0.4 is 5.32 Å². The van der Waals surface area contributed by atoms with Crippen LogP contribution in [0, 0.1) is 17.2 Å². The number of nitriles is 1. The highest BCUT2D eigenvalue weighted by atomic mass is 16.5. The molecule has 0 aliphatic heterocycles. The summed E-state index contributed by atoms with van der Waals surface area (Å²) in [6.07, 6.45) is 0.349. The third-order valence-corrected chi connectivity index (χ3v) is 1.87. The zero-order valence-corrected chi connectivity index (χ0v) is 8.69. The topological polar surface area (TPSA) is 99.4 Å². The van der Waals surface area contributed by atoms with Crippen molar-refractivity contribution in [3.63, 3.8) is 0 Å². The maximum Gasteiger partial charge on any atom is 0.330 e. The van der Waals surface area contributed by atoms with Gasteiger partial charge < -0.3 is 15.2 Å². The lowest BCUT2D eigenvalue weighted by molar-refractivity contribution is -0.146. The van der Waals surface area contributed by atoms with Crippen molar-refractivity contribution in [2.24, 2.45) is 5.92 Å². The van der Waals surface area contributed by atoms with Crippen molar-refractivity contribution in [1.29, 1.82) is 5.26 Å². The fourth-order valence-electron chi connectivity index (χ4n) is 0.929. The molecular weight excluding hydrogens is 200 g/mol. The van der Waals surface area contributed by atoms with E-state index in [1.807, 2.05) is 0 Å². The number of aliphatic hydroxyl groups excluding tert-OH is 1. The van der Waals surface area contributed by atoms with Crippen LogP contribution in [0.4, 0.5) is 0 Å². The predicted molar refractivity (Wildman–Crippen MR) is 50.4 cm³/mol. The molecule has 6 heteroatoms. The molecule has 2 unspecified atom stereocenters. The number of methoxy groups -OCH3 is 1. The normalized spacial score (nSPS) is 13.5. The third-order valence-electron chi connectivity index (χ3n) is 1.87. The van der Waals surface area contributed by atoms with Crippen molar-refractivity contribution >= 4 is 11.9 Å². The Hall–Kier alpha value is -1.61. The third kappa shape index (κ3) is 3.95. The highest BCUT2D eigenvalue weighted by Crippen LogP contribution is 2.01. The molecule has 0 saturated heterocycles. The summed E-state index contributed by atoms with van der Waals surface area (Å²) in [7, 11) is 1.15. The van der Waals surface area contributed by atoms with E-state index in [0.29, 0.717) is 6.42 Å². The van der Waals surface area contributed by atoms with Crippen molar-refractivity contribution in [3.8, 4) is 6.07 Å². The smallest absolute Gasteiger partial charge is 0.330 e. The molecule has 2 atom stereocenters. The van der Waals surface area contributed by atoms with Gasteiger partial charge in [-0.2, -0.15) is 5.26 Å². The summed E-state index contributed by atoms with van der Waals surface area (Å²) in [5.74, 6) is -2.13. The van der Waals surface area contributed by atoms with Crippen molar-refractivity contribution < 1.29 is 19.4 Å². The molecule has 0 aromatic heterocycles. The van der Waals surface area contributed by atoms with Gasteiger partial charge in [-0.3, -0.25) is 4.79 Å². The maximum absolute atomic E-state index is 11.3. The zero-order chi connectivity index (χ0) is 11.8. The van der Waals surface area contributed by atoms with Gasteiger partial charge >= 0.3 is 5.97 Å². The van der Waals surface area contributed by atoms with Crippen molar-refractivity contribution in [3.05, 3.63) is 0 Å². The van der Waals surface area contributed by atoms with Gasteiger partial charge in [0.15, 0.2) is 6.04 Å². The Morgan fingerprint density at radius 2 is 2.20 bits per heavy atom. The molecular formula is C9H14N2O4. The minimum atomic E-state index is -1.11. The molecule has 2 N–H and O–H groups in total. The summed E-state index contributed by atoms with van der Waals surface area (Å²) >= 11 is 0. The summed E-state index contributed by atoms with van der Waals surface area (Å²) in [4.78, 5) is 22.3. The summed E-state index contributed by atoms with van der Waals surface area (Å²) in [5.41, 5.74) is 0. The number of nitrogens with zero attached hydrogens (tertiary/aromatic N) is 1. The van der Waals surface area contributed by atoms with E-state index >= 15 is 0 Å². The van der Waals surface area contributed by atoms with Crippen LogP contribution in [0.2, 0.25) is 0 Å². The lowest BCUT2D eigenvalue weighted by Gasteiger charge is -2.15. The summed E-state index contributed by atoms with van der Waals surface area (Å²) in [5, 5.41) is 19.6. The van der Waals surface area contributed by atoms with Gasteiger partial charge in [0.1, 0.15) is 5.92 Å². The van der Waals surface area contributed by atoms with E-state index in [0.717, 1.165) is 7.11 Å². The lowest BCUT2D eigenvalue weighted by atomic mass is 10.1. The summed E-state index contributed by atoms with van der Waals surface area (Å²) < 4.78 is 4.35. The molecule has 15 heavy (non-hydrogen) atoms. The second-order valence-electron chi connectivity index (χ2n) is 2.86. The predicted octanol–water partition coefficient (Wildman–Crippen LogP) is -0.814. The molecule has 0 bridgehead atoms. The number of nitrogens with one attached hydrogen (secondary N) is 1. The van der Waals surface area contributed by atoms with E-state index in [1.54, 1.807) is 13.0 Å². The van der Waals surface area contributed by atoms with Crippen LogP contribution in [-0.2, 0) is 14.3 Å². The molecule has 0 saturated carbocycles. The molecule has 0 rings (SSSR count). The Balaban J connectivity index is 4.37. The number of hydrogen-bond acceptors (Lipinski definition) is 5. The van der Waals surface area contributed by atoms with Crippen LogP contribution >= 0.6 is 0 Å². The minimum absolute atomic E-state index is 0.349. The van der Waals surface area contributed by atoms with Crippen LogP contribution in [0.5, 0.6) is 0 Å². The average molecular weight is 214 g/mol. The molecule has 84 valence electrons. The fourth-order valence-corrected chi connectivity index (χ4v) is 0.929. The number of carbonyl (C=O) groups excluding carboxylic acids is 2. The van der Waals surface area contributed by atoms with E-state index < -0.39 is 30.4 Å². The molecule has 6 nitrogen and oxygen atoms in total. The van der Waals surface area contributed by atoms with Crippen molar-refractivity contribution in [2.75, 3.05) is 13.7 Å². The number of esters is 1. The molecule has 1 amide bonds. The largest absolute Gasteiger partial charge is 0.467 e. The van der Waals surface area contributed by atoms with Crippen LogP contribution in [0.1, 0.15) is 13.3 Å². The Morgan fingerprint density at radius 3 is 2.53 bits per heavy atom. The minimum Gasteiger partial charge on any atom is -0.467 e. The number of amides is 1. The first kappa shape index (κ1) is 13.4. The lowest BCUT2D eigenvalue weighted by Crippen LogP contribution is -2.46. The number of rotatable bonds is 5. The van der Waals surface area contributed by atoms with E-state index in [1.165, 1.54) is 0 Å². The van der Waals surface area contributed by atoms with Gasteiger partial charge in [0.2, 0.25) is 5.91 Å². The first-order valence-corrected chi connectivity index (χ1v) is 4.49. The van der Waals surface area contributed by atoms with Crippen LogP contribution in [0.15, 0.2) is 0 Å². The number of carbonyl (C=O) groups is 2. The first-order valence-electron chi connectivity index (χ1n) is 4.49. The quantitative estimate of drug-likeness (QED) is 0.583. The van der Waals surface area contributed by atoms with E-state index in [2.05, 4.69) is 10.1 Å².